The average Bonchev–Trinajstić information content (AvgIpc) is 3.22. The lowest BCUT2D eigenvalue weighted by Crippen LogP contribution is -2.41. The Kier molecular flexibility index (Phi) is 3.56. The summed E-state index contributed by atoms with van der Waals surface area (Å²) in [6.45, 7) is 1.87. The molecule has 0 unspecified atom stereocenters. The molecule has 1 aliphatic heterocycles. The molecule has 0 radical (unpaired) electrons. The lowest BCUT2D eigenvalue weighted by molar-refractivity contribution is 0.101. The molecule has 1 aliphatic carbocycles. The van der Waals surface area contributed by atoms with E-state index in [0.29, 0.717) is 5.02 Å². The monoisotopic (exact) mass is 362 g/mol. The second-order valence-electron chi connectivity index (χ2n) is 7.20. The summed E-state index contributed by atoms with van der Waals surface area (Å²) in [7, 11) is 0. The molecule has 2 aliphatic rings. The Morgan fingerprint density at radius 1 is 1.08 bits per heavy atom. The van der Waals surface area contributed by atoms with E-state index >= 15 is 0 Å². The van der Waals surface area contributed by atoms with Crippen LogP contribution in [-0.2, 0) is 5.41 Å². The number of rotatable bonds is 2. The van der Waals surface area contributed by atoms with Gasteiger partial charge in [0, 0.05) is 38.7 Å². The van der Waals surface area contributed by atoms with Crippen LogP contribution in [-0.4, -0.2) is 23.9 Å². The Balaban J connectivity index is 1.65. The third-order valence-electron chi connectivity index (χ3n) is 5.88. The van der Waals surface area contributed by atoms with Crippen molar-refractivity contribution in [3.05, 3.63) is 75.9 Å². The predicted molar refractivity (Wildman–Crippen MR) is 106 cm³/mol. The Hall–Kier alpha value is -2.36. The highest BCUT2D eigenvalue weighted by Crippen LogP contribution is 2.49. The van der Waals surface area contributed by atoms with E-state index in [2.05, 4.69) is 34.6 Å². The minimum absolute atomic E-state index is 0.122. The van der Waals surface area contributed by atoms with E-state index in [1.54, 1.807) is 0 Å². The summed E-state index contributed by atoms with van der Waals surface area (Å²) in [6.07, 6.45) is 5.84. The van der Waals surface area contributed by atoms with Gasteiger partial charge in [-0.25, -0.2) is 0 Å². The predicted octanol–water partition coefficient (Wildman–Crippen LogP) is 4.72. The van der Waals surface area contributed by atoms with Crippen LogP contribution in [0.5, 0.6) is 0 Å². The van der Waals surface area contributed by atoms with Crippen molar-refractivity contribution in [2.75, 3.05) is 13.1 Å². The van der Waals surface area contributed by atoms with Crippen LogP contribution in [0.1, 0.15) is 34.3 Å². The number of H-pyrrole nitrogens is 1. The van der Waals surface area contributed by atoms with E-state index in [9.17, 15) is 4.79 Å². The Bertz CT molecular complexity index is 1060. The third-order valence-corrected chi connectivity index (χ3v) is 6.12. The van der Waals surface area contributed by atoms with Crippen LogP contribution in [0.25, 0.3) is 17.0 Å². The van der Waals surface area contributed by atoms with Gasteiger partial charge in [0.25, 0.3) is 0 Å². The van der Waals surface area contributed by atoms with E-state index < -0.39 is 0 Å². The van der Waals surface area contributed by atoms with E-state index in [1.807, 2.05) is 30.5 Å². The maximum atomic E-state index is 13.6. The first-order valence-corrected chi connectivity index (χ1v) is 9.41. The largest absolute Gasteiger partial charge is 0.360 e. The third kappa shape index (κ3) is 2.21. The Morgan fingerprint density at radius 3 is 2.73 bits per heavy atom. The topological polar surface area (TPSA) is 44.9 Å². The number of Topliss-reactive ketones (excluding diaryl/α,β-unsaturated/α-hetero) is 1. The summed E-state index contributed by atoms with van der Waals surface area (Å²) in [5.74, 6) is 0.122. The highest BCUT2D eigenvalue weighted by atomic mass is 35.5. The van der Waals surface area contributed by atoms with Gasteiger partial charge in [-0.05, 0) is 55.3 Å². The summed E-state index contributed by atoms with van der Waals surface area (Å²) < 4.78 is 0. The van der Waals surface area contributed by atoms with Crippen molar-refractivity contribution in [2.45, 2.75) is 18.3 Å². The Labute approximate surface area is 157 Å². The van der Waals surface area contributed by atoms with Crippen molar-refractivity contribution >= 4 is 34.4 Å². The van der Waals surface area contributed by atoms with Crippen molar-refractivity contribution < 1.29 is 4.79 Å². The van der Waals surface area contributed by atoms with Crippen LogP contribution in [0, 0.1) is 0 Å². The molecule has 1 spiro atoms. The van der Waals surface area contributed by atoms with Crippen LogP contribution >= 0.6 is 11.6 Å². The summed E-state index contributed by atoms with van der Waals surface area (Å²) in [4.78, 5) is 16.8. The molecule has 0 atom stereocenters. The molecule has 3 nitrogen and oxygen atoms in total. The standard InChI is InChI=1S/C22H19ClN2O/c23-15-5-6-16-17(13-25-20(16)12-15)21(26)19-11-14-3-1-2-4-18(14)22(19)7-9-24-10-8-22/h1-6,11-13,24-25H,7-10H2. The number of benzene rings is 2. The first kappa shape index (κ1) is 15.9. The summed E-state index contributed by atoms with van der Waals surface area (Å²) >= 11 is 6.09. The minimum Gasteiger partial charge on any atom is -0.360 e. The molecule has 1 fully saturated rings. The second kappa shape index (κ2) is 5.83. The van der Waals surface area contributed by atoms with Crippen LogP contribution in [0.4, 0.5) is 0 Å². The smallest absolute Gasteiger partial charge is 0.192 e. The molecule has 2 aromatic carbocycles. The summed E-state index contributed by atoms with van der Waals surface area (Å²) in [5, 5.41) is 5.04. The Morgan fingerprint density at radius 2 is 1.88 bits per heavy atom. The number of halogens is 1. The normalized spacial score (nSPS) is 18.1. The molecule has 130 valence electrons. The molecule has 2 heterocycles. The molecular weight excluding hydrogens is 344 g/mol. The van der Waals surface area contributed by atoms with Crippen LogP contribution in [0.3, 0.4) is 0 Å². The molecule has 1 aromatic heterocycles. The number of carbonyl (C=O) groups excluding carboxylic acids is 1. The summed E-state index contributed by atoms with van der Waals surface area (Å²) in [5.41, 5.74) is 4.86. The van der Waals surface area contributed by atoms with Crippen molar-refractivity contribution in [1.29, 1.82) is 0 Å². The number of aromatic nitrogens is 1. The quantitative estimate of drug-likeness (QED) is 0.648. The SMILES string of the molecule is O=C(C1=Cc2ccccc2C12CCNCC2)c1c[nH]c2cc(Cl)ccc12. The molecule has 3 aromatic rings. The number of piperidine rings is 1. The molecule has 4 heteroatoms. The average molecular weight is 363 g/mol. The van der Waals surface area contributed by atoms with Crippen molar-refractivity contribution in [2.24, 2.45) is 0 Å². The lowest BCUT2D eigenvalue weighted by Gasteiger charge is -2.37. The molecule has 0 amide bonds. The van der Waals surface area contributed by atoms with Gasteiger partial charge in [-0.1, -0.05) is 41.9 Å². The number of carbonyl (C=O) groups is 1. The summed E-state index contributed by atoms with van der Waals surface area (Å²) in [6, 6.07) is 14.1. The van der Waals surface area contributed by atoms with Crippen molar-refractivity contribution in [3.8, 4) is 0 Å². The molecule has 0 bridgehead atoms. The first-order chi connectivity index (χ1) is 12.7. The van der Waals surface area contributed by atoms with Gasteiger partial charge in [0.2, 0.25) is 0 Å². The first-order valence-electron chi connectivity index (χ1n) is 9.03. The van der Waals surface area contributed by atoms with Gasteiger partial charge in [0.15, 0.2) is 5.78 Å². The number of hydrogen-bond acceptors (Lipinski definition) is 2. The number of allylic oxidation sites excluding steroid dienone is 1. The van der Waals surface area contributed by atoms with Crippen LogP contribution in [0.15, 0.2) is 54.2 Å². The number of nitrogens with one attached hydrogen (secondary N) is 2. The highest BCUT2D eigenvalue weighted by molar-refractivity contribution is 6.31. The van der Waals surface area contributed by atoms with Gasteiger partial charge in [-0.3, -0.25) is 4.79 Å². The minimum atomic E-state index is -0.172. The zero-order chi connectivity index (χ0) is 17.7. The maximum absolute atomic E-state index is 13.6. The number of hydrogen-bond donors (Lipinski definition) is 2. The number of aromatic amines is 1. The van der Waals surface area contributed by atoms with Gasteiger partial charge in [-0.15, -0.1) is 0 Å². The maximum Gasteiger partial charge on any atom is 0.192 e. The zero-order valence-electron chi connectivity index (χ0n) is 14.3. The van der Waals surface area contributed by atoms with Crippen LogP contribution in [0.2, 0.25) is 5.02 Å². The fraction of sp³-hybridized carbons (Fsp3) is 0.227. The number of fused-ring (bicyclic) bond motifs is 3. The molecule has 2 N–H and O–H groups in total. The van der Waals surface area contributed by atoms with Gasteiger partial charge >= 0.3 is 0 Å². The lowest BCUT2D eigenvalue weighted by atomic mass is 9.69. The molecule has 1 saturated heterocycles. The zero-order valence-corrected chi connectivity index (χ0v) is 15.1. The second-order valence-corrected chi connectivity index (χ2v) is 7.64. The van der Waals surface area contributed by atoms with Crippen LogP contribution < -0.4 is 5.32 Å². The molecule has 5 rings (SSSR count). The van der Waals surface area contributed by atoms with Gasteiger partial charge in [-0.2, -0.15) is 0 Å². The van der Waals surface area contributed by atoms with E-state index in [1.165, 1.54) is 11.1 Å². The fourth-order valence-corrected chi connectivity index (χ4v) is 4.78. The van der Waals surface area contributed by atoms with Gasteiger partial charge in [0.1, 0.15) is 0 Å². The van der Waals surface area contributed by atoms with Gasteiger partial charge in [0.05, 0.1) is 0 Å². The molecule has 26 heavy (non-hydrogen) atoms. The molecular formula is C22H19ClN2O. The number of ketones is 1. The van der Waals surface area contributed by atoms with Crippen molar-refractivity contribution in [1.82, 2.24) is 10.3 Å². The molecule has 0 saturated carbocycles. The van der Waals surface area contributed by atoms with Crippen molar-refractivity contribution in [3.63, 3.8) is 0 Å². The van der Waals surface area contributed by atoms with E-state index in [0.717, 1.165) is 48.0 Å². The van der Waals surface area contributed by atoms with E-state index in [-0.39, 0.29) is 11.2 Å². The van der Waals surface area contributed by atoms with E-state index in [4.69, 9.17) is 11.6 Å². The fourth-order valence-electron chi connectivity index (χ4n) is 4.60. The highest BCUT2D eigenvalue weighted by Gasteiger charge is 2.45. The van der Waals surface area contributed by atoms with Gasteiger partial charge < -0.3 is 10.3 Å².